The van der Waals surface area contributed by atoms with Crippen molar-refractivity contribution in [2.24, 2.45) is 5.41 Å². The number of anilines is 1. The molecule has 3 aliphatic heterocycles. The van der Waals surface area contributed by atoms with Gasteiger partial charge in [0.2, 0.25) is 10.0 Å². The summed E-state index contributed by atoms with van der Waals surface area (Å²) in [6, 6.07) is 10.6. The van der Waals surface area contributed by atoms with Gasteiger partial charge >= 0.3 is 12.2 Å². The van der Waals surface area contributed by atoms with Gasteiger partial charge in [0.1, 0.15) is 22.4 Å². The summed E-state index contributed by atoms with van der Waals surface area (Å²) in [6.45, 7) is 10.5. The molecule has 1 spiro atoms. The SMILES string of the molecule is CNS(=O)(=O)C1CCN([C@@H](C)Cn2c(C#N)cc3c(C)c(CN4CCC5(CCN(c6nc(OC)nc7sc(CC(F)(F)F)cc67)C5)C4)ccc32)CC1. The summed E-state index contributed by atoms with van der Waals surface area (Å²) in [5, 5.41) is 11.5. The molecule has 0 bridgehead atoms. The van der Waals surface area contributed by atoms with Crippen LogP contribution >= 0.6 is 11.3 Å². The first-order chi connectivity index (χ1) is 24.7. The number of aromatic nitrogens is 3. The van der Waals surface area contributed by atoms with Gasteiger partial charge in [-0.3, -0.25) is 9.80 Å². The molecule has 16 heteroatoms. The molecule has 1 unspecified atom stereocenters. The quantitative estimate of drug-likeness (QED) is 0.226. The Morgan fingerprint density at radius 2 is 1.87 bits per heavy atom. The Hall–Kier alpha value is -3.49. The Balaban J connectivity index is 1.03. The normalized spacial score (nSPS) is 21.5. The van der Waals surface area contributed by atoms with E-state index < -0.39 is 22.6 Å². The van der Waals surface area contributed by atoms with Gasteiger partial charge in [-0.25, -0.2) is 13.1 Å². The number of aryl methyl sites for hydroxylation is 1. The molecule has 11 nitrogen and oxygen atoms in total. The second kappa shape index (κ2) is 14.1. The van der Waals surface area contributed by atoms with Gasteiger partial charge in [-0.1, -0.05) is 6.07 Å². The van der Waals surface area contributed by atoms with Crippen LogP contribution in [0.25, 0.3) is 21.1 Å². The number of hydrogen-bond donors (Lipinski definition) is 1. The lowest BCUT2D eigenvalue weighted by Crippen LogP contribution is -2.46. The summed E-state index contributed by atoms with van der Waals surface area (Å²) in [5.41, 5.74) is 4.08. The number of likely N-dealkylation sites (tertiary alicyclic amines) is 2. The Labute approximate surface area is 306 Å². The second-order valence-corrected chi connectivity index (χ2v) is 18.0. The average Bonchev–Trinajstić information content (AvgIpc) is 3.90. The number of rotatable bonds is 10. The van der Waals surface area contributed by atoms with Gasteiger partial charge < -0.3 is 14.2 Å². The van der Waals surface area contributed by atoms with Crippen LogP contribution in [-0.4, -0.2) is 104 Å². The van der Waals surface area contributed by atoms with Crippen LogP contribution in [0.2, 0.25) is 0 Å². The number of methoxy groups -OCH3 is 1. The van der Waals surface area contributed by atoms with Crippen molar-refractivity contribution in [3.05, 3.63) is 46.0 Å². The molecule has 52 heavy (non-hydrogen) atoms. The van der Waals surface area contributed by atoms with Crippen molar-refractivity contribution in [1.29, 1.82) is 5.26 Å². The van der Waals surface area contributed by atoms with E-state index in [-0.39, 0.29) is 27.6 Å². The lowest BCUT2D eigenvalue weighted by molar-refractivity contribution is -0.126. The van der Waals surface area contributed by atoms with Crippen molar-refractivity contribution < 1.29 is 26.3 Å². The van der Waals surface area contributed by atoms with Crippen LogP contribution in [-0.2, 0) is 29.5 Å². The number of ether oxygens (including phenoxy) is 1. The molecule has 2 atom stereocenters. The van der Waals surface area contributed by atoms with E-state index in [1.54, 1.807) is 6.07 Å². The summed E-state index contributed by atoms with van der Waals surface area (Å²) in [4.78, 5) is 16.7. The molecular weight excluding hydrogens is 714 g/mol. The highest BCUT2D eigenvalue weighted by Gasteiger charge is 2.44. The topological polar surface area (TPSA) is 120 Å². The number of halogens is 3. The predicted octanol–water partition coefficient (Wildman–Crippen LogP) is 5.44. The minimum atomic E-state index is -4.30. The Kier molecular flexibility index (Phi) is 9.96. The monoisotopic (exact) mass is 758 g/mol. The fourth-order valence-corrected chi connectivity index (χ4v) is 10.8. The lowest BCUT2D eigenvalue weighted by atomic mass is 9.86. The van der Waals surface area contributed by atoms with Gasteiger partial charge in [-0.05, 0) is 95.5 Å². The number of hydrogen-bond acceptors (Lipinski definition) is 10. The minimum absolute atomic E-state index is 0.0481. The van der Waals surface area contributed by atoms with Crippen LogP contribution < -0.4 is 14.4 Å². The van der Waals surface area contributed by atoms with Crippen LogP contribution in [0.15, 0.2) is 24.3 Å². The van der Waals surface area contributed by atoms with Crippen LogP contribution in [0.3, 0.4) is 0 Å². The highest BCUT2D eigenvalue weighted by atomic mass is 32.2. The first-order valence-corrected chi connectivity index (χ1v) is 20.1. The standard InChI is InChI=1S/C36H45F3N8O3S2/c1-23(45-11-7-28(8-12-45)52(48,49)41-3)19-47-26(18-40)15-29-24(2)25(5-6-31(29)47)20-44-13-9-35(21-44)10-14-46(22-35)32-30-16-27(17-36(37,38)39)51-33(30)43-34(42-32)50-4/h5-6,15-16,23,28,41H,7-14,17,19-22H2,1-4H3/t23-,35?/m0/s1. The van der Waals surface area contributed by atoms with Gasteiger partial charge in [0, 0.05) is 60.0 Å². The molecule has 3 fully saturated rings. The molecule has 0 amide bonds. The molecule has 7 rings (SSSR count). The molecule has 0 aliphatic carbocycles. The summed E-state index contributed by atoms with van der Waals surface area (Å²) in [6.07, 6.45) is -2.14. The van der Waals surface area contributed by atoms with E-state index in [1.165, 1.54) is 19.7 Å². The minimum Gasteiger partial charge on any atom is -0.467 e. The number of nitrogens with zero attached hydrogens (tertiary/aromatic N) is 7. The highest BCUT2D eigenvalue weighted by Crippen LogP contribution is 2.44. The molecule has 3 saturated heterocycles. The second-order valence-electron chi connectivity index (χ2n) is 14.8. The fourth-order valence-electron chi connectivity index (χ4n) is 8.56. The van der Waals surface area contributed by atoms with Gasteiger partial charge in [-0.15, -0.1) is 11.3 Å². The molecule has 1 aromatic carbocycles. The van der Waals surface area contributed by atoms with Crippen LogP contribution in [0.1, 0.15) is 54.3 Å². The van der Waals surface area contributed by atoms with E-state index in [0.717, 1.165) is 73.4 Å². The highest BCUT2D eigenvalue weighted by molar-refractivity contribution is 7.90. The third-order valence-corrected chi connectivity index (χ3v) is 14.4. The number of thiophene rings is 1. The molecule has 3 aliphatic rings. The number of piperidine rings is 1. The zero-order chi connectivity index (χ0) is 37.0. The van der Waals surface area contributed by atoms with Crippen molar-refractivity contribution in [1.82, 2.24) is 29.1 Å². The summed E-state index contributed by atoms with van der Waals surface area (Å²) in [5.74, 6) is 0.640. The van der Waals surface area contributed by atoms with Gasteiger partial charge in [0.05, 0.1) is 24.2 Å². The Morgan fingerprint density at radius 3 is 2.56 bits per heavy atom. The molecule has 1 N–H and O–H groups in total. The Morgan fingerprint density at radius 1 is 1.12 bits per heavy atom. The van der Waals surface area contributed by atoms with E-state index in [4.69, 9.17) is 4.74 Å². The summed E-state index contributed by atoms with van der Waals surface area (Å²) in [7, 11) is -0.340. The molecule has 3 aromatic heterocycles. The van der Waals surface area contributed by atoms with Crippen LogP contribution in [0, 0.1) is 23.7 Å². The van der Waals surface area contributed by atoms with Gasteiger partial charge in [0.25, 0.3) is 0 Å². The smallest absolute Gasteiger partial charge is 0.393 e. The maximum Gasteiger partial charge on any atom is 0.393 e. The third kappa shape index (κ3) is 7.22. The largest absolute Gasteiger partial charge is 0.467 e. The van der Waals surface area contributed by atoms with E-state index >= 15 is 0 Å². The van der Waals surface area contributed by atoms with E-state index in [2.05, 4.69) is 66.0 Å². The van der Waals surface area contributed by atoms with E-state index in [1.807, 2.05) is 6.07 Å². The van der Waals surface area contributed by atoms with Crippen LogP contribution in [0.5, 0.6) is 6.01 Å². The van der Waals surface area contributed by atoms with Crippen molar-refractivity contribution >= 4 is 48.3 Å². The number of nitriles is 1. The fraction of sp³-hybridized carbons (Fsp3) is 0.583. The zero-order valence-corrected chi connectivity index (χ0v) is 31.6. The van der Waals surface area contributed by atoms with E-state index in [9.17, 15) is 26.9 Å². The lowest BCUT2D eigenvalue weighted by Gasteiger charge is -2.36. The van der Waals surface area contributed by atoms with Gasteiger partial charge in [0.15, 0.2) is 0 Å². The molecule has 4 aromatic rings. The molecule has 0 radical (unpaired) electrons. The first-order valence-electron chi connectivity index (χ1n) is 17.8. The molecular formula is C36H45F3N8O3S2. The number of alkyl halides is 3. The first kappa shape index (κ1) is 36.9. The van der Waals surface area contributed by atoms with Crippen molar-refractivity contribution in [3.63, 3.8) is 0 Å². The maximum atomic E-state index is 13.2. The number of sulfonamides is 1. The van der Waals surface area contributed by atoms with Crippen molar-refractivity contribution in [2.45, 2.75) is 76.5 Å². The average molecular weight is 759 g/mol. The van der Waals surface area contributed by atoms with E-state index in [0.29, 0.717) is 54.2 Å². The number of fused-ring (bicyclic) bond motifs is 2. The number of nitrogens with one attached hydrogen (secondary N) is 1. The maximum absolute atomic E-state index is 13.2. The molecule has 6 heterocycles. The predicted molar refractivity (Wildman–Crippen MR) is 196 cm³/mol. The Bertz CT molecular complexity index is 2120. The van der Waals surface area contributed by atoms with Crippen molar-refractivity contribution in [2.75, 3.05) is 58.3 Å². The molecule has 280 valence electrons. The van der Waals surface area contributed by atoms with Crippen molar-refractivity contribution in [3.8, 4) is 12.1 Å². The summed E-state index contributed by atoms with van der Waals surface area (Å²) < 4.78 is 74.1. The number of benzene rings is 1. The summed E-state index contributed by atoms with van der Waals surface area (Å²) >= 11 is 1.04. The van der Waals surface area contributed by atoms with Crippen LogP contribution in [0.4, 0.5) is 19.0 Å². The third-order valence-electron chi connectivity index (χ3n) is 11.5. The molecule has 0 saturated carbocycles. The zero-order valence-electron chi connectivity index (χ0n) is 30.0. The van der Waals surface area contributed by atoms with Gasteiger partial charge in [-0.2, -0.15) is 28.4 Å².